The molecule has 0 saturated carbocycles. The lowest BCUT2D eigenvalue weighted by Crippen LogP contribution is -2.05. The highest BCUT2D eigenvalue weighted by Crippen LogP contribution is 2.32. The molecular formula is C40H52O3S2. The van der Waals surface area contributed by atoms with Gasteiger partial charge in [0.15, 0.2) is 14.7 Å². The van der Waals surface area contributed by atoms with E-state index >= 15 is 0 Å². The lowest BCUT2D eigenvalue weighted by molar-refractivity contribution is 0.463. The Hall–Kier alpha value is -2.86. The van der Waals surface area contributed by atoms with E-state index in [9.17, 15) is 13.0 Å². The zero-order chi connectivity index (χ0) is 32.5. The van der Waals surface area contributed by atoms with Crippen molar-refractivity contribution in [2.45, 2.75) is 124 Å². The molecule has 242 valence electrons. The summed E-state index contributed by atoms with van der Waals surface area (Å²) in [5, 5.41) is 0. The third kappa shape index (κ3) is 12.8. The molecule has 3 nitrogen and oxygen atoms in total. The predicted octanol–water partition coefficient (Wildman–Crippen LogP) is 10.9. The van der Waals surface area contributed by atoms with Crippen LogP contribution in [0.1, 0.15) is 101 Å². The second-order valence-corrected chi connectivity index (χ2v) is 15.3. The van der Waals surface area contributed by atoms with Gasteiger partial charge in [-0.15, -0.1) is 0 Å². The molecule has 0 aromatic heterocycles. The molecule has 0 atom stereocenters. The van der Waals surface area contributed by atoms with Crippen molar-refractivity contribution >= 4 is 21.0 Å². The van der Waals surface area contributed by atoms with E-state index < -0.39 is 10.1 Å². The number of rotatable bonds is 16. The summed E-state index contributed by atoms with van der Waals surface area (Å²) in [5.41, 5.74) is 5.34. The first-order valence-corrected chi connectivity index (χ1v) is 19.4. The standard InChI is InChI=1S/C33H45S.C7H8O3S/c1-4-7-10-13-28-16-22-31(23-17-28)34(32-24-18-29(19-25-32)14-11-8-5-2)33-26-20-30(21-27-33)15-12-9-6-3;1-6-2-4-7(5-3-6)11(8,9)10/h16-27H,4-15H2,1-3H3;2-5H,1H3,(H,8,9,10)/q+1;/p-1. The van der Waals surface area contributed by atoms with Crippen LogP contribution in [0, 0.1) is 6.92 Å². The summed E-state index contributed by atoms with van der Waals surface area (Å²) in [6, 6.07) is 34.3. The summed E-state index contributed by atoms with van der Waals surface area (Å²) < 4.78 is 31.2. The molecule has 0 saturated heterocycles. The topological polar surface area (TPSA) is 57.2 Å². The van der Waals surface area contributed by atoms with Crippen LogP contribution in [0.2, 0.25) is 0 Å². The molecule has 0 unspecified atom stereocenters. The molecule has 0 N–H and O–H groups in total. The van der Waals surface area contributed by atoms with Crippen molar-refractivity contribution in [3.8, 4) is 0 Å². The molecule has 0 aliphatic carbocycles. The molecule has 5 heteroatoms. The van der Waals surface area contributed by atoms with Crippen LogP contribution < -0.4 is 0 Å². The fourth-order valence-electron chi connectivity index (χ4n) is 5.23. The van der Waals surface area contributed by atoms with Crippen molar-refractivity contribution < 1.29 is 13.0 Å². The fraction of sp³-hybridized carbons (Fsp3) is 0.400. The van der Waals surface area contributed by atoms with Gasteiger partial charge in [0.05, 0.1) is 15.8 Å². The van der Waals surface area contributed by atoms with Crippen molar-refractivity contribution in [2.24, 2.45) is 0 Å². The third-order valence-electron chi connectivity index (χ3n) is 7.99. The molecule has 0 heterocycles. The Kier molecular flexibility index (Phi) is 16.0. The quantitative estimate of drug-likeness (QED) is 0.0693. The number of hydrogen-bond acceptors (Lipinski definition) is 3. The minimum atomic E-state index is -4.27. The zero-order valence-electron chi connectivity index (χ0n) is 27.8. The smallest absolute Gasteiger partial charge is 0.166 e. The Bertz CT molecular complexity index is 1350. The Morgan fingerprint density at radius 3 is 1.07 bits per heavy atom. The van der Waals surface area contributed by atoms with Gasteiger partial charge in [-0.05, 0) is 111 Å². The number of aryl methyl sites for hydroxylation is 4. The van der Waals surface area contributed by atoms with Gasteiger partial charge in [0.1, 0.15) is 10.1 Å². The minimum absolute atomic E-state index is 0.0614. The molecular weight excluding hydrogens is 593 g/mol. The molecule has 4 aromatic carbocycles. The maximum atomic E-state index is 10.4. The summed E-state index contributed by atoms with van der Waals surface area (Å²) in [5.74, 6) is 0. The van der Waals surface area contributed by atoms with Gasteiger partial charge in [0.2, 0.25) is 0 Å². The van der Waals surface area contributed by atoms with Crippen LogP contribution in [0.3, 0.4) is 0 Å². The lowest BCUT2D eigenvalue weighted by Gasteiger charge is -2.11. The van der Waals surface area contributed by atoms with Gasteiger partial charge < -0.3 is 4.55 Å². The summed E-state index contributed by atoms with van der Waals surface area (Å²) in [6.07, 6.45) is 15.3. The zero-order valence-corrected chi connectivity index (χ0v) is 29.4. The van der Waals surface area contributed by atoms with Gasteiger partial charge in [-0.2, -0.15) is 0 Å². The van der Waals surface area contributed by atoms with Crippen LogP contribution in [-0.4, -0.2) is 13.0 Å². The Morgan fingerprint density at radius 1 is 0.489 bits per heavy atom. The van der Waals surface area contributed by atoms with E-state index in [-0.39, 0.29) is 15.8 Å². The Morgan fingerprint density at radius 2 is 0.800 bits per heavy atom. The number of hydrogen-bond donors (Lipinski definition) is 0. The molecule has 0 bridgehead atoms. The molecule has 0 radical (unpaired) electrons. The molecule has 0 amide bonds. The Labute approximate surface area is 276 Å². The first kappa shape index (κ1) is 36.6. The SMILES string of the molecule is CCCCCc1ccc([S+](c2ccc(CCCCC)cc2)c2ccc(CCCCC)cc2)cc1.Cc1ccc(S(=O)(=O)[O-])cc1. The predicted molar refractivity (Wildman–Crippen MR) is 190 cm³/mol. The summed E-state index contributed by atoms with van der Waals surface area (Å²) in [7, 11) is -4.33. The monoisotopic (exact) mass is 644 g/mol. The molecule has 0 aliphatic rings. The van der Waals surface area contributed by atoms with Crippen LogP contribution in [0.15, 0.2) is 117 Å². The van der Waals surface area contributed by atoms with Crippen LogP contribution in [0.25, 0.3) is 0 Å². The van der Waals surface area contributed by atoms with Gasteiger partial charge in [-0.25, -0.2) is 8.42 Å². The van der Waals surface area contributed by atoms with E-state index in [4.69, 9.17) is 0 Å². The number of unbranched alkanes of at least 4 members (excludes halogenated alkanes) is 6. The van der Waals surface area contributed by atoms with Crippen molar-refractivity contribution in [2.75, 3.05) is 0 Å². The van der Waals surface area contributed by atoms with Crippen LogP contribution in [0.5, 0.6) is 0 Å². The minimum Gasteiger partial charge on any atom is -0.744 e. The maximum absolute atomic E-state index is 10.4. The first-order chi connectivity index (χ1) is 21.7. The van der Waals surface area contributed by atoms with Crippen molar-refractivity contribution in [3.05, 3.63) is 119 Å². The van der Waals surface area contributed by atoms with Gasteiger partial charge in [-0.1, -0.05) is 113 Å². The Balaban J connectivity index is 0.000000423. The molecule has 4 rings (SSSR count). The van der Waals surface area contributed by atoms with Crippen LogP contribution >= 0.6 is 0 Å². The molecule has 0 fully saturated rings. The van der Waals surface area contributed by atoms with Gasteiger partial charge in [0.25, 0.3) is 0 Å². The van der Waals surface area contributed by atoms with Gasteiger partial charge >= 0.3 is 0 Å². The van der Waals surface area contributed by atoms with Gasteiger partial charge in [0, 0.05) is 0 Å². The normalized spacial score (nSPS) is 11.3. The summed E-state index contributed by atoms with van der Waals surface area (Å²) in [6.45, 7) is 8.65. The fourth-order valence-corrected chi connectivity index (χ4v) is 7.74. The second-order valence-electron chi connectivity index (χ2n) is 11.9. The van der Waals surface area contributed by atoms with E-state index in [0.29, 0.717) is 0 Å². The molecule has 45 heavy (non-hydrogen) atoms. The highest BCUT2D eigenvalue weighted by molar-refractivity contribution is 7.97. The number of benzene rings is 4. The van der Waals surface area contributed by atoms with Crippen LogP contribution in [-0.2, 0) is 40.3 Å². The molecule has 0 aliphatic heterocycles. The summed E-state index contributed by atoms with van der Waals surface area (Å²) in [4.78, 5) is 4.10. The van der Waals surface area contributed by atoms with E-state index in [1.54, 1.807) is 12.1 Å². The first-order valence-electron chi connectivity index (χ1n) is 16.8. The average molecular weight is 645 g/mol. The maximum Gasteiger partial charge on any atom is 0.166 e. The van der Waals surface area contributed by atoms with Crippen molar-refractivity contribution in [1.82, 2.24) is 0 Å². The van der Waals surface area contributed by atoms with Crippen molar-refractivity contribution in [1.29, 1.82) is 0 Å². The molecule has 0 spiro atoms. The van der Waals surface area contributed by atoms with E-state index in [2.05, 4.69) is 93.6 Å². The van der Waals surface area contributed by atoms with E-state index in [1.165, 1.54) is 121 Å². The van der Waals surface area contributed by atoms with E-state index in [1.807, 2.05) is 6.92 Å². The van der Waals surface area contributed by atoms with Crippen molar-refractivity contribution in [3.63, 3.8) is 0 Å². The van der Waals surface area contributed by atoms with E-state index in [0.717, 1.165) is 5.56 Å². The average Bonchev–Trinajstić information content (AvgIpc) is 3.04. The second kappa shape index (κ2) is 19.6. The largest absolute Gasteiger partial charge is 0.744 e. The lowest BCUT2D eigenvalue weighted by atomic mass is 10.1. The van der Waals surface area contributed by atoms with Crippen LogP contribution in [0.4, 0.5) is 0 Å². The molecule has 4 aromatic rings. The highest BCUT2D eigenvalue weighted by Gasteiger charge is 2.28. The van der Waals surface area contributed by atoms with Gasteiger partial charge in [-0.3, -0.25) is 0 Å². The third-order valence-corrected chi connectivity index (χ3v) is 11.1. The summed E-state index contributed by atoms with van der Waals surface area (Å²) >= 11 is 0. The highest BCUT2D eigenvalue weighted by atomic mass is 32.2.